The van der Waals surface area contributed by atoms with Crippen molar-refractivity contribution in [2.24, 2.45) is 5.92 Å². The summed E-state index contributed by atoms with van der Waals surface area (Å²) in [5.74, 6) is 1.81. The van der Waals surface area contributed by atoms with Gasteiger partial charge in [0.2, 0.25) is 0 Å². The lowest BCUT2D eigenvalue weighted by Crippen LogP contribution is -2.21. The molecule has 8 heteroatoms. The Bertz CT molecular complexity index is 1140. The number of hydrogen-bond donors (Lipinski definition) is 3. The van der Waals surface area contributed by atoms with Gasteiger partial charge in [0.25, 0.3) is 0 Å². The van der Waals surface area contributed by atoms with Gasteiger partial charge in [0.05, 0.1) is 0 Å². The van der Waals surface area contributed by atoms with Crippen LogP contribution in [0.2, 0.25) is 0 Å². The van der Waals surface area contributed by atoms with Gasteiger partial charge >= 0.3 is 12.2 Å². The second kappa shape index (κ2) is 9.99. The van der Waals surface area contributed by atoms with Crippen LogP contribution in [0.1, 0.15) is 49.8 Å². The van der Waals surface area contributed by atoms with E-state index in [0.717, 1.165) is 29.9 Å². The Kier molecular flexibility index (Phi) is 6.86. The largest absolute Gasteiger partial charge is 0.503 e. The fourth-order valence-electron chi connectivity index (χ4n) is 3.86. The van der Waals surface area contributed by atoms with Crippen LogP contribution < -0.4 is 5.32 Å². The Hall–Kier alpha value is -3.81. The predicted octanol–water partition coefficient (Wildman–Crippen LogP) is 6.76. The second-order valence-corrected chi connectivity index (χ2v) is 8.79. The molecule has 0 spiro atoms. The van der Waals surface area contributed by atoms with Gasteiger partial charge in [0, 0.05) is 5.56 Å². The SMILES string of the molecule is Cc1onc(-c2ccc(-c3ccc(C4CC4)cc3)cc2)c1NC(=O)OC(C)C1CC1.O=C(O)O. The van der Waals surface area contributed by atoms with Crippen molar-refractivity contribution in [1.29, 1.82) is 0 Å². The fourth-order valence-corrected chi connectivity index (χ4v) is 3.86. The molecule has 1 amide bonds. The first-order valence-corrected chi connectivity index (χ1v) is 11.4. The van der Waals surface area contributed by atoms with E-state index in [1.54, 1.807) is 6.92 Å². The second-order valence-electron chi connectivity index (χ2n) is 8.79. The van der Waals surface area contributed by atoms with Gasteiger partial charge in [-0.1, -0.05) is 53.7 Å². The van der Waals surface area contributed by atoms with Gasteiger partial charge in [-0.25, -0.2) is 9.59 Å². The minimum absolute atomic E-state index is 0.0702. The number of carbonyl (C=O) groups is 2. The van der Waals surface area contributed by atoms with E-state index in [1.165, 1.54) is 24.0 Å². The number of rotatable bonds is 6. The summed E-state index contributed by atoms with van der Waals surface area (Å²) in [6.07, 6.45) is 2.51. The number of benzene rings is 2. The van der Waals surface area contributed by atoms with Crippen LogP contribution in [-0.2, 0) is 4.74 Å². The molecule has 3 N–H and O–H groups in total. The number of aromatic nitrogens is 1. The molecule has 2 saturated carbocycles. The lowest BCUT2D eigenvalue weighted by molar-refractivity contribution is 0.108. The van der Waals surface area contributed by atoms with Crippen LogP contribution in [0, 0.1) is 12.8 Å². The molecule has 0 saturated heterocycles. The molecule has 1 heterocycles. The number of carbonyl (C=O) groups excluding carboxylic acids is 1. The van der Waals surface area contributed by atoms with Gasteiger partial charge in [-0.3, -0.25) is 5.32 Å². The lowest BCUT2D eigenvalue weighted by Gasteiger charge is -2.13. The Morgan fingerprint density at radius 2 is 1.50 bits per heavy atom. The summed E-state index contributed by atoms with van der Waals surface area (Å²) in [6, 6.07) is 17.0. The molecule has 0 radical (unpaired) electrons. The molecule has 2 fully saturated rings. The number of anilines is 1. The van der Waals surface area contributed by atoms with Crippen LogP contribution >= 0.6 is 0 Å². The summed E-state index contributed by atoms with van der Waals surface area (Å²) in [7, 11) is 0. The summed E-state index contributed by atoms with van der Waals surface area (Å²) < 4.78 is 10.8. The number of ether oxygens (including phenoxy) is 1. The molecule has 5 rings (SSSR count). The predicted molar refractivity (Wildman–Crippen MR) is 127 cm³/mol. The normalized spacial score (nSPS) is 15.6. The van der Waals surface area contributed by atoms with E-state index in [0.29, 0.717) is 23.1 Å². The number of amides is 1. The van der Waals surface area contributed by atoms with Crippen LogP contribution in [0.4, 0.5) is 15.3 Å². The Morgan fingerprint density at radius 3 is 2.03 bits per heavy atom. The van der Waals surface area contributed by atoms with Crippen molar-refractivity contribution >= 4 is 17.9 Å². The standard InChI is InChI=1S/C25H26N2O3.CH2O3/c1-15(17-3-4-17)29-25(28)26-23-16(2)30-27-24(23)22-13-11-21(12-14-22)20-9-7-19(8-10-20)18-5-6-18;2-1(3)4/h7-15,17-18H,3-6H2,1-2H3,(H,26,28);(H2,2,3,4). The summed E-state index contributed by atoms with van der Waals surface area (Å²) in [6.45, 7) is 3.72. The molecule has 1 aromatic heterocycles. The van der Waals surface area contributed by atoms with Crippen molar-refractivity contribution in [3.8, 4) is 22.4 Å². The maximum Gasteiger partial charge on any atom is 0.503 e. The molecule has 178 valence electrons. The third-order valence-corrected chi connectivity index (χ3v) is 6.12. The van der Waals surface area contributed by atoms with Gasteiger partial charge in [0.15, 0.2) is 5.76 Å². The quantitative estimate of drug-likeness (QED) is 0.368. The van der Waals surface area contributed by atoms with Crippen LogP contribution in [0.25, 0.3) is 22.4 Å². The molecule has 8 nitrogen and oxygen atoms in total. The molecule has 0 aliphatic heterocycles. The zero-order valence-electron chi connectivity index (χ0n) is 19.2. The zero-order chi connectivity index (χ0) is 24.2. The van der Waals surface area contributed by atoms with E-state index in [9.17, 15) is 4.79 Å². The van der Waals surface area contributed by atoms with Crippen molar-refractivity contribution in [3.63, 3.8) is 0 Å². The van der Waals surface area contributed by atoms with Crippen LogP contribution in [0.15, 0.2) is 53.1 Å². The number of carboxylic acid groups (broad SMARTS) is 2. The van der Waals surface area contributed by atoms with Crippen LogP contribution in [-0.4, -0.2) is 33.7 Å². The zero-order valence-corrected chi connectivity index (χ0v) is 19.2. The smallest absolute Gasteiger partial charge is 0.450 e. The highest BCUT2D eigenvalue weighted by molar-refractivity contribution is 5.91. The van der Waals surface area contributed by atoms with E-state index in [-0.39, 0.29) is 6.10 Å². The van der Waals surface area contributed by atoms with Crippen molar-refractivity contribution in [1.82, 2.24) is 5.16 Å². The van der Waals surface area contributed by atoms with E-state index >= 15 is 0 Å². The maximum absolute atomic E-state index is 12.3. The first-order chi connectivity index (χ1) is 16.3. The Morgan fingerprint density at radius 1 is 0.971 bits per heavy atom. The number of nitrogens with zero attached hydrogens (tertiary/aromatic N) is 1. The fraction of sp³-hybridized carbons (Fsp3) is 0.346. The van der Waals surface area contributed by atoms with Gasteiger partial charge in [0.1, 0.15) is 17.5 Å². The molecule has 1 atom stereocenters. The number of nitrogens with one attached hydrogen (secondary N) is 1. The van der Waals surface area contributed by atoms with Crippen molar-refractivity contribution in [2.45, 2.75) is 51.6 Å². The summed E-state index contributed by atoms with van der Waals surface area (Å²) in [5, 5.41) is 20.9. The van der Waals surface area contributed by atoms with Gasteiger partial charge in [-0.15, -0.1) is 0 Å². The molecule has 2 aromatic carbocycles. The molecule has 0 bridgehead atoms. The number of aryl methyl sites for hydroxylation is 1. The van der Waals surface area contributed by atoms with Crippen molar-refractivity contribution < 1.29 is 29.1 Å². The highest BCUT2D eigenvalue weighted by atomic mass is 16.6. The third-order valence-electron chi connectivity index (χ3n) is 6.12. The van der Waals surface area contributed by atoms with Crippen molar-refractivity contribution in [2.75, 3.05) is 5.32 Å². The molecular weight excluding hydrogens is 436 g/mol. The molecule has 34 heavy (non-hydrogen) atoms. The van der Waals surface area contributed by atoms with Crippen molar-refractivity contribution in [3.05, 3.63) is 59.9 Å². The van der Waals surface area contributed by atoms with E-state index < -0.39 is 12.2 Å². The highest BCUT2D eigenvalue weighted by Gasteiger charge is 2.31. The van der Waals surface area contributed by atoms with E-state index in [4.69, 9.17) is 24.3 Å². The van der Waals surface area contributed by atoms with Gasteiger partial charge < -0.3 is 19.5 Å². The highest BCUT2D eigenvalue weighted by Crippen LogP contribution is 2.40. The van der Waals surface area contributed by atoms with Gasteiger partial charge in [-0.05, 0) is 68.1 Å². The average molecular weight is 465 g/mol. The Labute approximate surface area is 197 Å². The van der Waals surface area contributed by atoms with E-state index in [1.807, 2.05) is 19.1 Å². The molecule has 2 aliphatic carbocycles. The third kappa shape index (κ3) is 5.95. The monoisotopic (exact) mass is 464 g/mol. The lowest BCUT2D eigenvalue weighted by atomic mass is 10.00. The summed E-state index contributed by atoms with van der Waals surface area (Å²) in [4.78, 5) is 20.9. The molecular formula is C26H28N2O6. The molecule has 3 aromatic rings. The maximum atomic E-state index is 12.3. The Balaban J connectivity index is 0.000000636. The van der Waals surface area contributed by atoms with Crippen LogP contribution in [0.3, 0.4) is 0 Å². The van der Waals surface area contributed by atoms with Crippen LogP contribution in [0.5, 0.6) is 0 Å². The summed E-state index contributed by atoms with van der Waals surface area (Å²) in [5.41, 5.74) is 5.83. The minimum atomic E-state index is -1.83. The molecule has 2 aliphatic rings. The topological polar surface area (TPSA) is 122 Å². The first kappa shape index (κ1) is 23.4. The summed E-state index contributed by atoms with van der Waals surface area (Å²) >= 11 is 0. The molecule has 1 unspecified atom stereocenters. The van der Waals surface area contributed by atoms with E-state index in [2.05, 4.69) is 46.9 Å². The minimum Gasteiger partial charge on any atom is -0.450 e. The van der Waals surface area contributed by atoms with Gasteiger partial charge in [-0.2, -0.15) is 0 Å². The average Bonchev–Trinajstić information content (AvgIpc) is 3.72. The number of hydrogen-bond acceptors (Lipinski definition) is 5. The first-order valence-electron chi connectivity index (χ1n) is 11.4.